The third-order valence-corrected chi connectivity index (χ3v) is 5.84. The maximum absolute atomic E-state index is 12.7. The summed E-state index contributed by atoms with van der Waals surface area (Å²) < 4.78 is 0. The van der Waals surface area contributed by atoms with Crippen LogP contribution in [0.5, 0.6) is 0 Å². The summed E-state index contributed by atoms with van der Waals surface area (Å²) in [5.74, 6) is -0.497. The third-order valence-electron chi connectivity index (χ3n) is 4.90. The highest BCUT2D eigenvalue weighted by Gasteiger charge is 2.17. The monoisotopic (exact) mass is 441 g/mol. The van der Waals surface area contributed by atoms with Gasteiger partial charge in [-0.2, -0.15) is 0 Å². The van der Waals surface area contributed by atoms with Crippen LogP contribution in [0.15, 0.2) is 102 Å². The van der Waals surface area contributed by atoms with Gasteiger partial charge in [0.25, 0.3) is 5.91 Å². The molecule has 32 heavy (non-hydrogen) atoms. The van der Waals surface area contributed by atoms with Gasteiger partial charge in [0.15, 0.2) is 0 Å². The molecule has 1 atom stereocenters. The molecule has 1 heterocycles. The van der Waals surface area contributed by atoms with Crippen molar-refractivity contribution in [3.05, 3.63) is 118 Å². The molecule has 0 saturated carbocycles. The molecule has 0 radical (unpaired) electrons. The highest BCUT2D eigenvalue weighted by Crippen LogP contribution is 2.26. The molecular weight excluding hydrogens is 418 g/mol. The van der Waals surface area contributed by atoms with Crippen molar-refractivity contribution < 1.29 is 9.59 Å². The molecule has 2 amide bonds. The van der Waals surface area contributed by atoms with Crippen molar-refractivity contribution in [3.8, 4) is 0 Å². The fraction of sp³-hybridized carbons (Fsp3) is 0.0769. The predicted octanol–water partition coefficient (Wildman–Crippen LogP) is 5.32. The summed E-state index contributed by atoms with van der Waals surface area (Å²) in [6.07, 6.45) is 0. The van der Waals surface area contributed by atoms with E-state index in [9.17, 15) is 9.59 Å². The molecule has 0 saturated heterocycles. The molecule has 4 aromatic rings. The van der Waals surface area contributed by atoms with E-state index in [1.807, 2.05) is 72.1 Å². The number of hydrogen-bond acceptors (Lipinski definition) is 4. The lowest BCUT2D eigenvalue weighted by Crippen LogP contribution is -2.32. The maximum Gasteiger partial charge on any atom is 0.257 e. The van der Waals surface area contributed by atoms with E-state index in [2.05, 4.69) is 22.0 Å². The fourth-order valence-electron chi connectivity index (χ4n) is 3.38. The summed E-state index contributed by atoms with van der Waals surface area (Å²) in [4.78, 5) is 26.6. The van der Waals surface area contributed by atoms with Crippen LogP contribution in [-0.2, 0) is 4.79 Å². The first-order chi connectivity index (χ1) is 15.7. The zero-order valence-electron chi connectivity index (χ0n) is 17.3. The molecule has 0 aliphatic carbocycles. The van der Waals surface area contributed by atoms with Crippen molar-refractivity contribution in [2.45, 2.75) is 6.04 Å². The number of rotatable bonds is 8. The summed E-state index contributed by atoms with van der Waals surface area (Å²) in [6, 6.07) is 30.2. The predicted molar refractivity (Wildman–Crippen MR) is 130 cm³/mol. The first-order valence-electron chi connectivity index (χ1n) is 10.3. The molecule has 3 aromatic carbocycles. The Balaban J connectivity index is 1.43. The normalized spacial score (nSPS) is 11.5. The number of para-hydroxylation sites is 2. The smallest absolute Gasteiger partial charge is 0.257 e. The first kappa shape index (κ1) is 21.5. The van der Waals surface area contributed by atoms with Crippen molar-refractivity contribution >= 4 is 34.5 Å². The van der Waals surface area contributed by atoms with E-state index < -0.39 is 0 Å². The lowest BCUT2D eigenvalue weighted by Gasteiger charge is -2.18. The summed E-state index contributed by atoms with van der Waals surface area (Å²) >= 11 is 1.64. The molecule has 4 rings (SSSR count). The van der Waals surface area contributed by atoms with Crippen LogP contribution in [0, 0.1) is 0 Å². The second kappa shape index (κ2) is 10.5. The van der Waals surface area contributed by atoms with Crippen molar-refractivity contribution in [3.63, 3.8) is 0 Å². The van der Waals surface area contributed by atoms with Gasteiger partial charge < -0.3 is 10.6 Å². The standard InChI is InChI=1S/C26H23N3O2S/c30-24(18-27-25(23-16-9-17-32-23)19-10-3-1-4-11-19)29-22-15-8-7-14-21(22)26(31)28-20-12-5-2-6-13-20/h1-17,25,27H,18H2,(H,28,31)(H,29,30)/t25-/m0/s1. The van der Waals surface area contributed by atoms with Gasteiger partial charge in [-0.15, -0.1) is 11.3 Å². The van der Waals surface area contributed by atoms with Crippen LogP contribution in [0.1, 0.15) is 26.8 Å². The van der Waals surface area contributed by atoms with Crippen LogP contribution < -0.4 is 16.0 Å². The van der Waals surface area contributed by atoms with Crippen molar-refractivity contribution in [1.82, 2.24) is 5.32 Å². The summed E-state index contributed by atoms with van der Waals surface area (Å²) in [6.45, 7) is 0.103. The Labute approximate surface area is 191 Å². The summed E-state index contributed by atoms with van der Waals surface area (Å²) in [7, 11) is 0. The number of amides is 2. The topological polar surface area (TPSA) is 70.2 Å². The average molecular weight is 442 g/mol. The van der Waals surface area contributed by atoms with Crippen LogP contribution in [-0.4, -0.2) is 18.4 Å². The molecule has 160 valence electrons. The molecule has 0 aliphatic heterocycles. The number of thiophene rings is 1. The van der Waals surface area contributed by atoms with E-state index in [1.54, 1.807) is 35.6 Å². The number of carbonyl (C=O) groups excluding carboxylic acids is 2. The lowest BCUT2D eigenvalue weighted by molar-refractivity contribution is -0.115. The van der Waals surface area contributed by atoms with Crippen LogP contribution in [0.4, 0.5) is 11.4 Å². The Hall–Kier alpha value is -3.74. The minimum atomic E-state index is -0.277. The van der Waals surface area contributed by atoms with E-state index in [4.69, 9.17) is 0 Å². The first-order valence-corrected chi connectivity index (χ1v) is 11.2. The molecule has 0 fully saturated rings. The minimum absolute atomic E-state index is 0.0847. The van der Waals surface area contributed by atoms with E-state index in [0.717, 1.165) is 10.4 Å². The zero-order valence-corrected chi connectivity index (χ0v) is 18.1. The highest BCUT2D eigenvalue weighted by molar-refractivity contribution is 7.10. The summed E-state index contributed by atoms with van der Waals surface area (Å²) in [5, 5.41) is 11.1. The Bertz CT molecular complexity index is 1160. The molecule has 5 nitrogen and oxygen atoms in total. The van der Waals surface area contributed by atoms with E-state index in [-0.39, 0.29) is 24.4 Å². The highest BCUT2D eigenvalue weighted by atomic mass is 32.1. The Kier molecular flexibility index (Phi) is 7.07. The minimum Gasteiger partial charge on any atom is -0.324 e. The van der Waals surface area contributed by atoms with E-state index in [1.165, 1.54) is 0 Å². The lowest BCUT2D eigenvalue weighted by atomic mass is 10.1. The Morgan fingerprint density at radius 2 is 1.44 bits per heavy atom. The fourth-order valence-corrected chi connectivity index (χ4v) is 4.21. The van der Waals surface area contributed by atoms with Gasteiger partial charge in [0.2, 0.25) is 5.91 Å². The number of anilines is 2. The van der Waals surface area contributed by atoms with Gasteiger partial charge in [-0.25, -0.2) is 0 Å². The quantitative estimate of drug-likeness (QED) is 0.347. The van der Waals surface area contributed by atoms with Crippen LogP contribution in [0.3, 0.4) is 0 Å². The van der Waals surface area contributed by atoms with Gasteiger partial charge in [-0.1, -0.05) is 66.7 Å². The van der Waals surface area contributed by atoms with Crippen molar-refractivity contribution in [2.24, 2.45) is 0 Å². The van der Waals surface area contributed by atoms with Crippen molar-refractivity contribution in [1.29, 1.82) is 0 Å². The van der Waals surface area contributed by atoms with Gasteiger partial charge in [-0.05, 0) is 41.3 Å². The molecule has 0 unspecified atom stereocenters. The zero-order chi connectivity index (χ0) is 22.2. The second-order valence-corrected chi connectivity index (χ2v) is 8.13. The maximum atomic E-state index is 12.7. The largest absolute Gasteiger partial charge is 0.324 e. The van der Waals surface area contributed by atoms with Gasteiger partial charge in [-0.3, -0.25) is 14.9 Å². The number of benzene rings is 3. The van der Waals surface area contributed by atoms with Crippen LogP contribution in [0.2, 0.25) is 0 Å². The molecule has 3 N–H and O–H groups in total. The summed E-state index contributed by atoms with van der Waals surface area (Å²) in [5.41, 5.74) is 2.66. The average Bonchev–Trinajstić information content (AvgIpc) is 3.35. The number of carbonyl (C=O) groups is 2. The second-order valence-electron chi connectivity index (χ2n) is 7.15. The molecule has 0 spiro atoms. The molecule has 0 aliphatic rings. The molecule has 0 bridgehead atoms. The van der Waals surface area contributed by atoms with E-state index >= 15 is 0 Å². The SMILES string of the molecule is O=C(CN[C@@H](c1ccccc1)c1cccs1)Nc1ccccc1C(=O)Nc1ccccc1. The third kappa shape index (κ3) is 5.49. The van der Waals surface area contributed by atoms with Crippen LogP contribution >= 0.6 is 11.3 Å². The van der Waals surface area contributed by atoms with Crippen molar-refractivity contribution in [2.75, 3.05) is 17.2 Å². The molecular formula is C26H23N3O2S. The molecule has 1 aromatic heterocycles. The van der Waals surface area contributed by atoms with E-state index in [0.29, 0.717) is 16.9 Å². The molecule has 6 heteroatoms. The van der Waals surface area contributed by atoms with Gasteiger partial charge in [0, 0.05) is 10.6 Å². The van der Waals surface area contributed by atoms with Crippen LogP contribution in [0.25, 0.3) is 0 Å². The van der Waals surface area contributed by atoms with Gasteiger partial charge >= 0.3 is 0 Å². The number of nitrogens with one attached hydrogen (secondary N) is 3. The van der Waals surface area contributed by atoms with Gasteiger partial charge in [0.05, 0.1) is 23.8 Å². The van der Waals surface area contributed by atoms with Gasteiger partial charge in [0.1, 0.15) is 0 Å². The Morgan fingerprint density at radius 3 is 2.16 bits per heavy atom. The Morgan fingerprint density at radius 1 is 0.750 bits per heavy atom. The number of hydrogen-bond donors (Lipinski definition) is 3.